The van der Waals surface area contributed by atoms with E-state index in [9.17, 15) is 4.79 Å². The van der Waals surface area contributed by atoms with Crippen molar-refractivity contribution >= 4 is 28.3 Å². The maximum atomic E-state index is 11.8. The van der Waals surface area contributed by atoms with Gasteiger partial charge in [-0.25, -0.2) is 0 Å². The second-order valence-corrected chi connectivity index (χ2v) is 4.93. The minimum Gasteiger partial charge on any atom is -0.364 e. The summed E-state index contributed by atoms with van der Waals surface area (Å²) in [6, 6.07) is 7.63. The lowest BCUT2D eigenvalue weighted by Crippen LogP contribution is -2.15. The zero-order valence-electron chi connectivity index (χ0n) is 11.2. The average molecular weight is 277 g/mol. The van der Waals surface area contributed by atoms with Crippen molar-refractivity contribution in [2.45, 2.75) is 6.92 Å². The zero-order chi connectivity index (χ0) is 14.6. The second-order valence-electron chi connectivity index (χ2n) is 4.93. The Bertz CT molecular complexity index is 938. The molecule has 0 atom stereocenters. The molecule has 6 heteroatoms. The Hall–Kier alpha value is -3.02. The van der Waals surface area contributed by atoms with Gasteiger partial charge in [-0.15, -0.1) is 10.2 Å². The molecule has 0 saturated carbocycles. The van der Waals surface area contributed by atoms with Crippen LogP contribution in [0.4, 0.5) is 5.69 Å². The number of amides is 1. The van der Waals surface area contributed by atoms with Crippen molar-refractivity contribution < 1.29 is 4.79 Å². The van der Waals surface area contributed by atoms with E-state index in [1.165, 1.54) is 0 Å². The van der Waals surface area contributed by atoms with E-state index in [1.54, 1.807) is 0 Å². The first-order chi connectivity index (χ1) is 10.2. The lowest BCUT2D eigenvalue weighted by Gasteiger charge is -2.08. The van der Waals surface area contributed by atoms with Crippen LogP contribution in [0.15, 0.2) is 35.5 Å². The molecule has 0 bridgehead atoms. The number of nitrogens with zero attached hydrogens (tertiary/aromatic N) is 3. The molecule has 6 nitrogen and oxygen atoms in total. The van der Waals surface area contributed by atoms with Gasteiger partial charge in [0.05, 0.1) is 5.69 Å². The van der Waals surface area contributed by atoms with E-state index < -0.39 is 5.91 Å². The summed E-state index contributed by atoms with van der Waals surface area (Å²) in [6.45, 7) is 1.93. The van der Waals surface area contributed by atoms with Gasteiger partial charge in [-0.1, -0.05) is 18.2 Å². The standard InChI is InChI=1S/C15H11N5O/c1-7-9-6-17-15-12(9)11(13(14(16)21)19-20-15)8-4-2-3-5-10(8)18-7/h2-6H,1H3,(H2,16,21)(H,17,20). The maximum Gasteiger partial charge on any atom is 0.269 e. The summed E-state index contributed by atoms with van der Waals surface area (Å²) in [5.41, 5.74) is 10.4. The van der Waals surface area contributed by atoms with Crippen LogP contribution in [0.1, 0.15) is 23.0 Å². The summed E-state index contributed by atoms with van der Waals surface area (Å²) in [6.07, 6.45) is 1.83. The molecule has 0 radical (unpaired) electrons. The fraction of sp³-hybridized carbons (Fsp3) is 0.0667. The molecular formula is C15H11N5O. The van der Waals surface area contributed by atoms with Gasteiger partial charge in [0.25, 0.3) is 5.91 Å². The number of carbonyl (C=O) groups is 1. The lowest BCUT2D eigenvalue weighted by molar-refractivity contribution is 0.0995. The lowest BCUT2D eigenvalue weighted by atomic mass is 9.98. The number of aliphatic imine (C=N–C) groups is 1. The molecule has 0 spiro atoms. The topological polar surface area (TPSA) is 97.0 Å². The summed E-state index contributed by atoms with van der Waals surface area (Å²) < 4.78 is 0. The second kappa shape index (κ2) is 3.99. The molecule has 3 aromatic rings. The summed E-state index contributed by atoms with van der Waals surface area (Å²) in [5.74, 6) is -0.596. The minimum absolute atomic E-state index is 0.167. The minimum atomic E-state index is -0.596. The quantitative estimate of drug-likeness (QED) is 0.713. The number of para-hydroxylation sites is 1. The van der Waals surface area contributed by atoms with Gasteiger partial charge in [-0.3, -0.25) is 9.79 Å². The Morgan fingerprint density at radius 2 is 2.00 bits per heavy atom. The van der Waals surface area contributed by atoms with Gasteiger partial charge in [-0.05, 0) is 13.0 Å². The number of H-pyrrole nitrogens is 1. The number of primary amides is 1. The van der Waals surface area contributed by atoms with Crippen molar-refractivity contribution in [1.82, 2.24) is 15.2 Å². The Balaban J connectivity index is 2.27. The number of carbonyl (C=O) groups excluding carboxylic acids is 1. The summed E-state index contributed by atoms with van der Waals surface area (Å²) >= 11 is 0. The third-order valence-corrected chi connectivity index (χ3v) is 3.68. The van der Waals surface area contributed by atoms with Crippen molar-refractivity contribution in [3.05, 3.63) is 41.7 Å². The Labute approximate surface area is 119 Å². The highest BCUT2D eigenvalue weighted by atomic mass is 16.1. The van der Waals surface area contributed by atoms with Crippen molar-refractivity contribution in [2.24, 2.45) is 10.7 Å². The number of nitrogens with one attached hydrogen (secondary N) is 1. The van der Waals surface area contributed by atoms with Crippen LogP contribution in [-0.2, 0) is 0 Å². The molecule has 4 rings (SSSR count). The summed E-state index contributed by atoms with van der Waals surface area (Å²) in [7, 11) is 0. The van der Waals surface area contributed by atoms with E-state index >= 15 is 0 Å². The van der Waals surface area contributed by atoms with Crippen LogP contribution in [0, 0.1) is 0 Å². The van der Waals surface area contributed by atoms with E-state index in [0.717, 1.165) is 27.9 Å². The third-order valence-electron chi connectivity index (χ3n) is 3.68. The van der Waals surface area contributed by atoms with Gasteiger partial charge < -0.3 is 10.7 Å². The maximum absolute atomic E-state index is 11.8. The van der Waals surface area contributed by atoms with Crippen LogP contribution in [0.3, 0.4) is 0 Å². The molecular weight excluding hydrogens is 266 g/mol. The largest absolute Gasteiger partial charge is 0.364 e. The third kappa shape index (κ3) is 1.53. The predicted molar refractivity (Wildman–Crippen MR) is 79.7 cm³/mol. The monoisotopic (exact) mass is 277 g/mol. The van der Waals surface area contributed by atoms with Crippen molar-refractivity contribution in [1.29, 1.82) is 0 Å². The molecule has 0 aliphatic carbocycles. The molecule has 102 valence electrons. The first kappa shape index (κ1) is 11.8. The van der Waals surface area contributed by atoms with E-state index in [-0.39, 0.29) is 5.69 Å². The molecule has 1 aliphatic rings. The number of fused-ring (bicyclic) bond motifs is 2. The molecule has 3 N–H and O–H groups in total. The first-order valence-corrected chi connectivity index (χ1v) is 6.49. The van der Waals surface area contributed by atoms with Crippen molar-refractivity contribution in [2.75, 3.05) is 0 Å². The number of nitrogens with two attached hydrogens (primary N) is 1. The zero-order valence-corrected chi connectivity index (χ0v) is 11.2. The van der Waals surface area contributed by atoms with Crippen molar-refractivity contribution in [3.8, 4) is 11.1 Å². The van der Waals surface area contributed by atoms with Crippen LogP contribution >= 0.6 is 0 Å². The Morgan fingerprint density at radius 1 is 1.19 bits per heavy atom. The van der Waals surface area contributed by atoms with Gasteiger partial charge in [0, 0.05) is 34.0 Å². The summed E-state index contributed by atoms with van der Waals surface area (Å²) in [4.78, 5) is 19.5. The molecule has 0 unspecified atom stereocenters. The molecule has 1 aliphatic heterocycles. The van der Waals surface area contributed by atoms with Crippen LogP contribution in [0.5, 0.6) is 0 Å². The van der Waals surface area contributed by atoms with Gasteiger partial charge in [0.15, 0.2) is 11.3 Å². The van der Waals surface area contributed by atoms with Crippen LogP contribution < -0.4 is 5.73 Å². The fourth-order valence-electron chi connectivity index (χ4n) is 2.76. The van der Waals surface area contributed by atoms with E-state index in [4.69, 9.17) is 5.73 Å². The number of rotatable bonds is 1. The number of hydrogen-bond donors (Lipinski definition) is 2. The number of benzene rings is 1. The van der Waals surface area contributed by atoms with Crippen LogP contribution in [0.25, 0.3) is 22.2 Å². The highest BCUT2D eigenvalue weighted by Crippen LogP contribution is 2.40. The SMILES string of the molecule is CC1=Nc2ccccc2-c2c(C(N)=O)nnc3[nH]cc1c23. The summed E-state index contributed by atoms with van der Waals surface area (Å²) in [5, 5.41) is 8.87. The number of aromatic amines is 1. The fourth-order valence-corrected chi connectivity index (χ4v) is 2.76. The van der Waals surface area contributed by atoms with Gasteiger partial charge in [-0.2, -0.15) is 0 Å². The average Bonchev–Trinajstić information content (AvgIpc) is 2.85. The molecule has 3 heterocycles. The highest BCUT2D eigenvalue weighted by Gasteiger charge is 2.25. The molecule has 1 aromatic carbocycles. The van der Waals surface area contributed by atoms with Gasteiger partial charge in [0.1, 0.15) is 0 Å². The normalized spacial score (nSPS) is 12.7. The molecule has 0 saturated heterocycles. The molecule has 21 heavy (non-hydrogen) atoms. The van der Waals surface area contributed by atoms with E-state index in [1.807, 2.05) is 37.4 Å². The molecule has 0 fully saturated rings. The molecule has 2 aromatic heterocycles. The van der Waals surface area contributed by atoms with Gasteiger partial charge >= 0.3 is 0 Å². The first-order valence-electron chi connectivity index (χ1n) is 6.49. The van der Waals surface area contributed by atoms with Gasteiger partial charge in [0.2, 0.25) is 0 Å². The van der Waals surface area contributed by atoms with Crippen LogP contribution in [-0.4, -0.2) is 26.8 Å². The smallest absolute Gasteiger partial charge is 0.269 e. The van der Waals surface area contributed by atoms with Crippen molar-refractivity contribution in [3.63, 3.8) is 0 Å². The molecule has 1 amide bonds. The highest BCUT2D eigenvalue weighted by molar-refractivity contribution is 6.19. The van der Waals surface area contributed by atoms with E-state index in [2.05, 4.69) is 20.2 Å². The van der Waals surface area contributed by atoms with E-state index in [0.29, 0.717) is 11.2 Å². The number of aromatic nitrogens is 3. The Morgan fingerprint density at radius 3 is 2.81 bits per heavy atom. The Kier molecular flexibility index (Phi) is 2.24. The predicted octanol–water partition coefficient (Wildman–Crippen LogP) is 2.18. The van der Waals surface area contributed by atoms with Crippen LogP contribution in [0.2, 0.25) is 0 Å². The number of hydrogen-bond acceptors (Lipinski definition) is 4.